The molecule has 1 aliphatic rings. The predicted molar refractivity (Wildman–Crippen MR) is 72.5 cm³/mol. The first-order valence-corrected chi connectivity index (χ1v) is 6.89. The van der Waals surface area contributed by atoms with Crippen LogP contribution in [0.4, 0.5) is 4.79 Å². The average molecular weight is 288 g/mol. The Morgan fingerprint density at radius 3 is 2.60 bits per heavy atom. The Bertz CT molecular complexity index is 337. The van der Waals surface area contributed by atoms with Crippen LogP contribution >= 0.6 is 0 Å². The number of aliphatic hydroxyl groups is 1. The summed E-state index contributed by atoms with van der Waals surface area (Å²) < 4.78 is 4.99. The van der Waals surface area contributed by atoms with Crippen molar-refractivity contribution in [1.82, 2.24) is 10.2 Å². The highest BCUT2D eigenvalue weighted by Crippen LogP contribution is 2.22. The molecule has 0 heterocycles. The van der Waals surface area contributed by atoms with E-state index in [0.717, 1.165) is 19.3 Å². The number of nitrogens with one attached hydrogen (secondary N) is 1. The lowest BCUT2D eigenvalue weighted by Gasteiger charge is -2.35. The van der Waals surface area contributed by atoms with Gasteiger partial charge in [-0.3, -0.25) is 4.79 Å². The molecule has 1 saturated carbocycles. The van der Waals surface area contributed by atoms with Gasteiger partial charge in [-0.15, -0.1) is 0 Å². The highest BCUT2D eigenvalue weighted by molar-refractivity contribution is 5.74. The molecule has 1 fully saturated rings. The van der Waals surface area contributed by atoms with Crippen LogP contribution in [0.15, 0.2) is 0 Å². The first-order chi connectivity index (χ1) is 9.45. The largest absolute Gasteiger partial charge is 0.481 e. The van der Waals surface area contributed by atoms with Crippen molar-refractivity contribution in [2.75, 3.05) is 20.7 Å². The molecule has 0 aliphatic heterocycles. The summed E-state index contributed by atoms with van der Waals surface area (Å²) >= 11 is 0. The van der Waals surface area contributed by atoms with Crippen molar-refractivity contribution in [3.8, 4) is 0 Å². The number of carboxylic acids is 1. The average Bonchev–Trinajstić information content (AvgIpc) is 2.42. The number of carbonyl (C=O) groups excluding carboxylic acids is 1. The summed E-state index contributed by atoms with van der Waals surface area (Å²) in [6, 6.07) is -0.493. The van der Waals surface area contributed by atoms with E-state index in [2.05, 4.69) is 5.32 Å². The predicted octanol–water partition coefficient (Wildman–Crippen LogP) is 0.421. The molecule has 0 aromatic rings. The molecule has 0 radical (unpaired) electrons. The van der Waals surface area contributed by atoms with E-state index in [1.165, 1.54) is 12.0 Å². The maximum absolute atomic E-state index is 12.0. The van der Waals surface area contributed by atoms with E-state index >= 15 is 0 Å². The van der Waals surface area contributed by atoms with E-state index < -0.39 is 18.2 Å². The van der Waals surface area contributed by atoms with Crippen molar-refractivity contribution in [1.29, 1.82) is 0 Å². The molecule has 7 heteroatoms. The highest BCUT2D eigenvalue weighted by Gasteiger charge is 2.29. The Hall–Kier alpha value is -1.34. The van der Waals surface area contributed by atoms with Crippen LogP contribution in [-0.2, 0) is 9.53 Å². The van der Waals surface area contributed by atoms with Gasteiger partial charge in [-0.1, -0.05) is 12.8 Å². The number of hydrogen-bond acceptors (Lipinski definition) is 4. The van der Waals surface area contributed by atoms with Crippen LogP contribution in [0.3, 0.4) is 0 Å². The van der Waals surface area contributed by atoms with E-state index in [9.17, 15) is 14.7 Å². The summed E-state index contributed by atoms with van der Waals surface area (Å²) in [6.07, 6.45) is 2.27. The lowest BCUT2D eigenvalue weighted by atomic mass is 9.92. The molecule has 116 valence electrons. The molecule has 3 N–H and O–H groups in total. The van der Waals surface area contributed by atoms with Crippen LogP contribution < -0.4 is 5.32 Å². The monoisotopic (exact) mass is 288 g/mol. The first kappa shape index (κ1) is 16.7. The summed E-state index contributed by atoms with van der Waals surface area (Å²) in [6.45, 7) is 0.134. The molecule has 0 spiro atoms. The fourth-order valence-electron chi connectivity index (χ4n) is 2.45. The Labute approximate surface area is 118 Å². The van der Waals surface area contributed by atoms with Gasteiger partial charge in [-0.05, 0) is 12.8 Å². The maximum atomic E-state index is 12.0. The smallest absolute Gasteiger partial charge is 0.317 e. The van der Waals surface area contributed by atoms with Crippen molar-refractivity contribution in [3.05, 3.63) is 0 Å². The minimum atomic E-state index is -0.970. The van der Waals surface area contributed by atoms with Gasteiger partial charge in [0, 0.05) is 20.7 Å². The summed E-state index contributed by atoms with van der Waals surface area (Å²) in [5.74, 6) is -0.970. The molecule has 0 aromatic heterocycles. The number of rotatable bonds is 6. The number of carboxylic acid groups (broad SMARTS) is 1. The standard InChI is InChI=1S/C13H24N2O5/c1-15(10-5-3-4-6-11(10)16)13(19)14-8-9(20-2)7-12(17)18/h9-11,16H,3-8H2,1-2H3,(H,14,19)(H,17,18). The highest BCUT2D eigenvalue weighted by atomic mass is 16.5. The van der Waals surface area contributed by atoms with E-state index in [4.69, 9.17) is 9.84 Å². The topological polar surface area (TPSA) is 99.1 Å². The second kappa shape index (κ2) is 8.06. The lowest BCUT2D eigenvalue weighted by Crippen LogP contribution is -2.51. The van der Waals surface area contributed by atoms with Gasteiger partial charge in [0.25, 0.3) is 0 Å². The van der Waals surface area contributed by atoms with E-state index in [1.807, 2.05) is 0 Å². The van der Waals surface area contributed by atoms with Gasteiger partial charge < -0.3 is 25.2 Å². The summed E-state index contributed by atoms with van der Waals surface area (Å²) in [5.41, 5.74) is 0. The van der Waals surface area contributed by atoms with Crippen molar-refractivity contribution in [2.45, 2.75) is 50.4 Å². The Kier molecular flexibility index (Phi) is 6.74. The van der Waals surface area contributed by atoms with Gasteiger partial charge in [0.15, 0.2) is 0 Å². The minimum absolute atomic E-state index is 0.134. The zero-order valence-corrected chi connectivity index (χ0v) is 12.0. The molecule has 0 saturated heterocycles. The third-order valence-electron chi connectivity index (χ3n) is 3.73. The molecule has 1 aliphatic carbocycles. The molecule has 3 atom stereocenters. The molecule has 20 heavy (non-hydrogen) atoms. The molecule has 3 unspecified atom stereocenters. The fraction of sp³-hybridized carbons (Fsp3) is 0.846. The van der Waals surface area contributed by atoms with Crippen molar-refractivity contribution >= 4 is 12.0 Å². The van der Waals surface area contributed by atoms with Gasteiger partial charge in [-0.25, -0.2) is 4.79 Å². The van der Waals surface area contributed by atoms with Crippen LogP contribution in [-0.4, -0.2) is 66.1 Å². The lowest BCUT2D eigenvalue weighted by molar-refractivity contribution is -0.139. The summed E-state index contributed by atoms with van der Waals surface area (Å²) in [7, 11) is 3.06. The molecular weight excluding hydrogens is 264 g/mol. The van der Waals surface area contributed by atoms with Crippen LogP contribution in [0.1, 0.15) is 32.1 Å². The number of hydrogen-bond donors (Lipinski definition) is 3. The normalized spacial score (nSPS) is 23.9. The number of carbonyl (C=O) groups is 2. The third kappa shape index (κ3) is 4.97. The number of aliphatic carboxylic acids is 1. The Morgan fingerprint density at radius 1 is 1.40 bits per heavy atom. The van der Waals surface area contributed by atoms with Gasteiger partial charge in [0.2, 0.25) is 0 Å². The molecule has 0 aromatic carbocycles. The molecule has 1 rings (SSSR count). The van der Waals surface area contributed by atoms with E-state index in [0.29, 0.717) is 6.42 Å². The third-order valence-corrected chi connectivity index (χ3v) is 3.73. The molecule has 7 nitrogen and oxygen atoms in total. The van der Waals surface area contributed by atoms with Crippen molar-refractivity contribution in [2.24, 2.45) is 0 Å². The maximum Gasteiger partial charge on any atom is 0.317 e. The Morgan fingerprint density at radius 2 is 2.05 bits per heavy atom. The Balaban J connectivity index is 2.42. The first-order valence-electron chi connectivity index (χ1n) is 6.89. The van der Waals surface area contributed by atoms with Gasteiger partial charge in [0.1, 0.15) is 0 Å². The second-order valence-corrected chi connectivity index (χ2v) is 5.17. The van der Waals surface area contributed by atoms with Gasteiger partial charge in [0.05, 0.1) is 24.7 Å². The number of ether oxygens (including phenoxy) is 1. The minimum Gasteiger partial charge on any atom is -0.481 e. The second-order valence-electron chi connectivity index (χ2n) is 5.17. The van der Waals surface area contributed by atoms with Crippen molar-refractivity contribution in [3.63, 3.8) is 0 Å². The molecule has 2 amide bonds. The summed E-state index contributed by atoms with van der Waals surface area (Å²) in [4.78, 5) is 24.1. The summed E-state index contributed by atoms with van der Waals surface area (Å²) in [5, 5.41) is 21.2. The van der Waals surface area contributed by atoms with Crippen LogP contribution in [0.25, 0.3) is 0 Å². The quantitative estimate of drug-likeness (QED) is 0.658. The molecular formula is C13H24N2O5. The zero-order chi connectivity index (χ0) is 15.1. The van der Waals surface area contributed by atoms with Crippen molar-refractivity contribution < 1.29 is 24.5 Å². The number of likely N-dealkylation sites (N-methyl/N-ethyl adjacent to an activating group) is 1. The van der Waals surface area contributed by atoms with Crippen LogP contribution in [0.5, 0.6) is 0 Å². The number of methoxy groups -OCH3 is 1. The fourth-order valence-corrected chi connectivity index (χ4v) is 2.45. The van der Waals surface area contributed by atoms with Gasteiger partial charge in [-0.2, -0.15) is 0 Å². The SMILES string of the molecule is COC(CNC(=O)N(C)C1CCCCC1O)CC(=O)O. The van der Waals surface area contributed by atoms with Gasteiger partial charge >= 0.3 is 12.0 Å². The number of amides is 2. The van der Waals surface area contributed by atoms with E-state index in [1.54, 1.807) is 7.05 Å². The van der Waals surface area contributed by atoms with Crippen LogP contribution in [0.2, 0.25) is 0 Å². The number of aliphatic hydroxyl groups excluding tert-OH is 1. The zero-order valence-electron chi connectivity index (χ0n) is 12.0. The van der Waals surface area contributed by atoms with E-state index in [-0.39, 0.29) is 25.0 Å². The van der Waals surface area contributed by atoms with Crippen LogP contribution in [0, 0.1) is 0 Å². The molecule has 0 bridgehead atoms. The number of urea groups is 1. The number of nitrogens with zero attached hydrogens (tertiary/aromatic N) is 1.